The minimum absolute atomic E-state index is 0.0763. The molecule has 0 spiro atoms. The Kier molecular flexibility index (Phi) is 1.89. The van der Waals surface area contributed by atoms with Gasteiger partial charge in [0.15, 0.2) is 11.6 Å². The highest BCUT2D eigenvalue weighted by Gasteiger charge is 2.31. The van der Waals surface area contributed by atoms with Crippen LogP contribution in [-0.4, -0.2) is 16.7 Å². The third-order valence-corrected chi connectivity index (χ3v) is 2.86. The predicted molar refractivity (Wildman–Crippen MR) is 60.2 cm³/mol. The molecular weight excluding hydrogens is 216 g/mol. The van der Waals surface area contributed by atoms with Crippen molar-refractivity contribution in [3.8, 4) is 5.75 Å². The van der Waals surface area contributed by atoms with Crippen LogP contribution in [0.5, 0.6) is 5.75 Å². The predicted octanol–water partition coefficient (Wildman–Crippen LogP) is 1.97. The second-order valence-electron chi connectivity index (χ2n) is 3.83. The summed E-state index contributed by atoms with van der Waals surface area (Å²) in [4.78, 5) is 24.3. The molecule has 3 rings (SSSR count). The maximum Gasteiger partial charge on any atom is 0.198 e. The van der Waals surface area contributed by atoms with Crippen molar-refractivity contribution in [2.75, 3.05) is 0 Å². The van der Waals surface area contributed by atoms with E-state index in [4.69, 9.17) is 0 Å². The first kappa shape index (κ1) is 9.78. The summed E-state index contributed by atoms with van der Waals surface area (Å²) >= 11 is 0. The third-order valence-electron chi connectivity index (χ3n) is 2.86. The fourth-order valence-electron chi connectivity index (χ4n) is 2.06. The number of carbonyl (C=O) groups is 2. The zero-order chi connectivity index (χ0) is 12.0. The molecule has 0 atom stereocenters. The molecule has 1 N–H and O–H groups in total. The van der Waals surface area contributed by atoms with Crippen LogP contribution in [0, 0.1) is 6.07 Å². The maximum absolute atomic E-state index is 12.1. The van der Waals surface area contributed by atoms with Crippen LogP contribution >= 0.6 is 0 Å². The van der Waals surface area contributed by atoms with Gasteiger partial charge in [0.1, 0.15) is 5.75 Å². The first-order chi connectivity index (χ1) is 8.20. The molecule has 0 amide bonds. The Morgan fingerprint density at radius 3 is 2.24 bits per heavy atom. The minimum atomic E-state index is -0.318. The summed E-state index contributed by atoms with van der Waals surface area (Å²) in [5.41, 5.74) is 1.01. The van der Waals surface area contributed by atoms with Crippen molar-refractivity contribution in [1.82, 2.24) is 0 Å². The van der Waals surface area contributed by atoms with Crippen LogP contribution in [0.1, 0.15) is 31.8 Å². The molecule has 1 aliphatic carbocycles. The zero-order valence-corrected chi connectivity index (χ0v) is 8.73. The molecule has 1 radical (unpaired) electrons. The lowest BCUT2D eigenvalue weighted by molar-refractivity contribution is 0.0976. The van der Waals surface area contributed by atoms with Gasteiger partial charge in [0, 0.05) is 16.7 Å². The number of benzene rings is 2. The molecule has 0 aromatic heterocycles. The summed E-state index contributed by atoms with van der Waals surface area (Å²) in [6.45, 7) is 0. The number of hydrogen-bond acceptors (Lipinski definition) is 3. The summed E-state index contributed by atoms with van der Waals surface area (Å²) in [6, 6.07) is 12.0. The summed E-state index contributed by atoms with van der Waals surface area (Å²) in [5, 5.41) is 9.67. The van der Waals surface area contributed by atoms with Gasteiger partial charge in [0.05, 0.1) is 5.56 Å². The van der Waals surface area contributed by atoms with Crippen molar-refractivity contribution >= 4 is 11.6 Å². The number of fused-ring (bicyclic) bond motifs is 2. The summed E-state index contributed by atoms with van der Waals surface area (Å²) in [7, 11) is 0. The molecule has 2 aromatic carbocycles. The van der Waals surface area contributed by atoms with Crippen LogP contribution < -0.4 is 0 Å². The standard InChI is InChI=1S/C14H7O3/c15-11-7-3-6-10-12(11)14(17)9-5-2-1-4-8(9)13(10)16/h1-2,4-7,15H. The van der Waals surface area contributed by atoms with Crippen LogP contribution in [0.2, 0.25) is 0 Å². The van der Waals surface area contributed by atoms with E-state index in [0.717, 1.165) is 0 Å². The lowest BCUT2D eigenvalue weighted by atomic mass is 9.84. The zero-order valence-electron chi connectivity index (χ0n) is 8.73. The normalized spacial score (nSPS) is 13.2. The Bertz CT molecular complexity index is 656. The van der Waals surface area contributed by atoms with Crippen LogP contribution in [-0.2, 0) is 0 Å². The first-order valence-corrected chi connectivity index (χ1v) is 5.11. The molecule has 3 nitrogen and oxygen atoms in total. The van der Waals surface area contributed by atoms with E-state index in [-0.39, 0.29) is 28.4 Å². The highest BCUT2D eigenvalue weighted by molar-refractivity contribution is 6.29. The lowest BCUT2D eigenvalue weighted by Gasteiger charge is -2.17. The van der Waals surface area contributed by atoms with Gasteiger partial charge in [-0.25, -0.2) is 0 Å². The molecule has 0 saturated carbocycles. The van der Waals surface area contributed by atoms with Crippen LogP contribution in [0.4, 0.5) is 0 Å². The number of rotatable bonds is 0. The minimum Gasteiger partial charge on any atom is -0.507 e. The lowest BCUT2D eigenvalue weighted by Crippen LogP contribution is -2.20. The SMILES string of the molecule is O=C1c2ccccc2C(=O)c2c(O)c[c]cc21. The molecule has 0 unspecified atom stereocenters. The van der Waals surface area contributed by atoms with E-state index in [1.165, 1.54) is 12.1 Å². The number of carbonyl (C=O) groups excluding carboxylic acids is 2. The summed E-state index contributed by atoms with van der Waals surface area (Å²) < 4.78 is 0. The summed E-state index contributed by atoms with van der Waals surface area (Å²) in [5.74, 6) is -0.764. The third kappa shape index (κ3) is 1.22. The Labute approximate surface area is 97.3 Å². The van der Waals surface area contributed by atoms with E-state index in [1.807, 2.05) is 0 Å². The van der Waals surface area contributed by atoms with Gasteiger partial charge in [0.2, 0.25) is 0 Å². The van der Waals surface area contributed by atoms with E-state index in [9.17, 15) is 14.7 Å². The average molecular weight is 223 g/mol. The molecule has 0 heterocycles. The second-order valence-corrected chi connectivity index (χ2v) is 3.83. The van der Waals surface area contributed by atoms with Crippen molar-refractivity contribution in [2.24, 2.45) is 0 Å². The van der Waals surface area contributed by atoms with Crippen molar-refractivity contribution in [1.29, 1.82) is 0 Å². The monoisotopic (exact) mass is 223 g/mol. The van der Waals surface area contributed by atoms with Gasteiger partial charge < -0.3 is 5.11 Å². The molecule has 0 fully saturated rings. The molecule has 0 saturated heterocycles. The van der Waals surface area contributed by atoms with Crippen LogP contribution in [0.15, 0.2) is 36.4 Å². The Hall–Kier alpha value is -2.42. The van der Waals surface area contributed by atoms with Crippen molar-refractivity contribution < 1.29 is 14.7 Å². The highest BCUT2D eigenvalue weighted by Crippen LogP contribution is 2.31. The molecule has 3 heteroatoms. The average Bonchev–Trinajstić information content (AvgIpc) is 2.36. The molecule has 0 bridgehead atoms. The number of phenols is 1. The molecule has 17 heavy (non-hydrogen) atoms. The maximum atomic E-state index is 12.1. The second kappa shape index (κ2) is 3.28. The van der Waals surface area contributed by atoms with E-state index in [2.05, 4.69) is 6.07 Å². The van der Waals surface area contributed by atoms with Gasteiger partial charge in [-0.3, -0.25) is 9.59 Å². The Balaban J connectivity index is 2.37. The molecule has 81 valence electrons. The fraction of sp³-hybridized carbons (Fsp3) is 0. The molecule has 2 aromatic rings. The summed E-state index contributed by atoms with van der Waals surface area (Å²) in [6.07, 6.45) is 0. The van der Waals surface area contributed by atoms with E-state index < -0.39 is 0 Å². The number of hydrogen-bond donors (Lipinski definition) is 1. The van der Waals surface area contributed by atoms with Crippen molar-refractivity contribution in [2.45, 2.75) is 0 Å². The Morgan fingerprint density at radius 1 is 0.882 bits per heavy atom. The molecule has 1 aliphatic rings. The number of aromatic hydroxyl groups is 1. The highest BCUT2D eigenvalue weighted by atomic mass is 16.3. The number of phenolic OH excluding ortho intramolecular Hbond substituents is 1. The van der Waals surface area contributed by atoms with E-state index in [0.29, 0.717) is 11.1 Å². The van der Waals surface area contributed by atoms with E-state index in [1.54, 1.807) is 24.3 Å². The fourth-order valence-corrected chi connectivity index (χ4v) is 2.06. The van der Waals surface area contributed by atoms with Gasteiger partial charge >= 0.3 is 0 Å². The van der Waals surface area contributed by atoms with Crippen molar-refractivity contribution in [3.63, 3.8) is 0 Å². The van der Waals surface area contributed by atoms with Crippen LogP contribution in [0.25, 0.3) is 0 Å². The van der Waals surface area contributed by atoms with Crippen molar-refractivity contribution in [3.05, 3.63) is 64.7 Å². The smallest absolute Gasteiger partial charge is 0.198 e. The quantitative estimate of drug-likeness (QED) is 0.633. The van der Waals surface area contributed by atoms with Crippen LogP contribution in [0.3, 0.4) is 0 Å². The Morgan fingerprint density at radius 2 is 1.53 bits per heavy atom. The van der Waals surface area contributed by atoms with Gasteiger partial charge in [-0.05, 0) is 18.2 Å². The topological polar surface area (TPSA) is 54.4 Å². The van der Waals surface area contributed by atoms with Gasteiger partial charge in [0.25, 0.3) is 0 Å². The molecule has 0 aliphatic heterocycles. The molecular formula is C14H7O3. The first-order valence-electron chi connectivity index (χ1n) is 5.11. The van der Waals surface area contributed by atoms with Gasteiger partial charge in [-0.1, -0.05) is 24.3 Å². The van der Waals surface area contributed by atoms with Gasteiger partial charge in [-0.15, -0.1) is 0 Å². The number of ketones is 2. The largest absolute Gasteiger partial charge is 0.507 e. The van der Waals surface area contributed by atoms with E-state index >= 15 is 0 Å². The van der Waals surface area contributed by atoms with Gasteiger partial charge in [-0.2, -0.15) is 0 Å².